The molecule has 0 aliphatic heterocycles. The highest BCUT2D eigenvalue weighted by Crippen LogP contribution is 2.14. The van der Waals surface area contributed by atoms with Crippen LogP contribution >= 0.6 is 11.6 Å². The maximum Gasteiger partial charge on any atom is 0.234 e. The molecule has 0 atom stereocenters. The van der Waals surface area contributed by atoms with Crippen LogP contribution in [0.4, 0.5) is 0 Å². The Bertz CT molecular complexity index is 517. The fourth-order valence-corrected chi connectivity index (χ4v) is 1.42. The highest BCUT2D eigenvalue weighted by Gasteiger charge is 2.05. The van der Waals surface area contributed by atoms with E-state index in [-0.39, 0.29) is 10.8 Å². The van der Waals surface area contributed by atoms with E-state index in [1.165, 1.54) is 6.20 Å². The highest BCUT2D eigenvalue weighted by molar-refractivity contribution is 6.31. The van der Waals surface area contributed by atoms with Crippen LogP contribution in [0.15, 0.2) is 36.5 Å². The molecule has 2 aromatic rings. The number of carbonyl (C=O) groups is 1. The largest absolute Gasteiger partial charge is 0.472 e. The number of hydrogen-bond donors (Lipinski definition) is 0. The zero-order valence-electron chi connectivity index (χ0n) is 8.84. The van der Waals surface area contributed by atoms with Crippen LogP contribution in [-0.4, -0.2) is 16.3 Å². The summed E-state index contributed by atoms with van der Waals surface area (Å²) in [6.07, 6.45) is 1.93. The molecule has 1 aromatic carbocycles. The molecule has 0 saturated heterocycles. The molecule has 86 valence electrons. The van der Waals surface area contributed by atoms with Crippen molar-refractivity contribution in [3.05, 3.63) is 52.9 Å². The Labute approximate surface area is 103 Å². The maximum atomic E-state index is 10.5. The average Bonchev–Trinajstić information content (AvgIpc) is 2.38. The van der Waals surface area contributed by atoms with Gasteiger partial charge in [0, 0.05) is 0 Å². The van der Waals surface area contributed by atoms with E-state index in [1.54, 1.807) is 0 Å². The molecule has 0 aliphatic rings. The van der Waals surface area contributed by atoms with Gasteiger partial charge in [0.15, 0.2) is 11.4 Å². The lowest BCUT2D eigenvalue weighted by Gasteiger charge is -2.05. The van der Waals surface area contributed by atoms with Gasteiger partial charge < -0.3 is 4.74 Å². The summed E-state index contributed by atoms with van der Waals surface area (Å²) in [7, 11) is 0. The first-order valence-corrected chi connectivity index (χ1v) is 5.32. The molecule has 4 nitrogen and oxygen atoms in total. The molecular weight excluding hydrogens is 240 g/mol. The maximum absolute atomic E-state index is 10.5. The highest BCUT2D eigenvalue weighted by atomic mass is 35.5. The van der Waals surface area contributed by atoms with Crippen LogP contribution in [0.2, 0.25) is 5.15 Å². The summed E-state index contributed by atoms with van der Waals surface area (Å²) in [5.74, 6) is 0.296. The first-order chi connectivity index (χ1) is 8.29. The van der Waals surface area contributed by atoms with Gasteiger partial charge in [0.1, 0.15) is 12.3 Å². The fourth-order valence-electron chi connectivity index (χ4n) is 1.24. The van der Waals surface area contributed by atoms with Gasteiger partial charge in [-0.25, -0.2) is 4.98 Å². The molecule has 0 bridgehead atoms. The van der Waals surface area contributed by atoms with E-state index in [0.29, 0.717) is 18.8 Å². The second kappa shape index (κ2) is 5.41. The monoisotopic (exact) mass is 248 g/mol. The Morgan fingerprint density at radius 2 is 2.06 bits per heavy atom. The van der Waals surface area contributed by atoms with E-state index < -0.39 is 0 Å². The molecule has 0 saturated carbocycles. The number of halogens is 1. The summed E-state index contributed by atoms with van der Waals surface area (Å²) in [6.45, 7) is 0.381. The molecule has 0 amide bonds. The number of carbonyl (C=O) groups excluding carboxylic acids is 1. The number of ether oxygens (including phenoxy) is 1. The van der Waals surface area contributed by atoms with Crippen LogP contribution in [-0.2, 0) is 6.61 Å². The van der Waals surface area contributed by atoms with Crippen molar-refractivity contribution >= 4 is 17.9 Å². The van der Waals surface area contributed by atoms with Gasteiger partial charge in [-0.1, -0.05) is 41.9 Å². The summed E-state index contributed by atoms with van der Waals surface area (Å²) in [5, 5.41) is 0.0468. The van der Waals surface area contributed by atoms with Crippen molar-refractivity contribution in [2.75, 3.05) is 0 Å². The summed E-state index contributed by atoms with van der Waals surface area (Å²) in [5.41, 5.74) is 1.13. The average molecular weight is 249 g/mol. The SMILES string of the molecule is O=Cc1ncc(OCc2ccccc2)nc1Cl. The molecule has 0 aliphatic carbocycles. The van der Waals surface area contributed by atoms with Gasteiger partial charge in [-0.15, -0.1) is 0 Å². The number of aldehydes is 1. The number of nitrogens with zero attached hydrogens (tertiary/aromatic N) is 2. The Kier molecular flexibility index (Phi) is 3.67. The Balaban J connectivity index is 2.05. The fraction of sp³-hybridized carbons (Fsp3) is 0.0833. The predicted molar refractivity (Wildman–Crippen MR) is 63.2 cm³/mol. The van der Waals surface area contributed by atoms with Gasteiger partial charge >= 0.3 is 0 Å². The second-order valence-corrected chi connectivity index (χ2v) is 3.63. The molecule has 0 unspecified atom stereocenters. The van der Waals surface area contributed by atoms with Crippen molar-refractivity contribution in [1.29, 1.82) is 0 Å². The molecule has 0 spiro atoms. The third kappa shape index (κ3) is 3.01. The van der Waals surface area contributed by atoms with E-state index in [2.05, 4.69) is 9.97 Å². The molecule has 1 heterocycles. The van der Waals surface area contributed by atoms with Crippen LogP contribution in [0.25, 0.3) is 0 Å². The minimum absolute atomic E-state index is 0.0468. The summed E-state index contributed by atoms with van der Waals surface area (Å²) >= 11 is 5.73. The van der Waals surface area contributed by atoms with E-state index in [1.807, 2.05) is 30.3 Å². The second-order valence-electron chi connectivity index (χ2n) is 3.28. The van der Waals surface area contributed by atoms with Crippen LogP contribution in [0.3, 0.4) is 0 Å². The number of aromatic nitrogens is 2. The number of benzene rings is 1. The lowest BCUT2D eigenvalue weighted by molar-refractivity contribution is 0.111. The number of hydrogen-bond acceptors (Lipinski definition) is 4. The van der Waals surface area contributed by atoms with Crippen molar-refractivity contribution in [3.8, 4) is 5.88 Å². The van der Waals surface area contributed by atoms with Gasteiger partial charge in [0.2, 0.25) is 5.88 Å². The Morgan fingerprint density at radius 1 is 1.29 bits per heavy atom. The van der Waals surface area contributed by atoms with E-state index >= 15 is 0 Å². The van der Waals surface area contributed by atoms with Crippen LogP contribution < -0.4 is 4.74 Å². The Hall–Kier alpha value is -1.94. The van der Waals surface area contributed by atoms with Crippen LogP contribution in [0.1, 0.15) is 16.1 Å². The van der Waals surface area contributed by atoms with E-state index in [9.17, 15) is 4.79 Å². The molecular formula is C12H9ClN2O2. The molecule has 17 heavy (non-hydrogen) atoms. The van der Waals surface area contributed by atoms with Crippen molar-refractivity contribution in [1.82, 2.24) is 9.97 Å². The standard InChI is InChI=1S/C12H9ClN2O2/c13-12-10(7-16)14-6-11(15-12)17-8-9-4-2-1-3-5-9/h1-7H,8H2. The quantitative estimate of drug-likeness (QED) is 0.780. The smallest absolute Gasteiger partial charge is 0.234 e. The minimum atomic E-state index is 0.0468. The zero-order valence-corrected chi connectivity index (χ0v) is 9.59. The molecule has 1 aromatic heterocycles. The third-order valence-corrected chi connectivity index (χ3v) is 2.35. The lowest BCUT2D eigenvalue weighted by Crippen LogP contribution is -2.00. The molecule has 0 fully saturated rings. The Morgan fingerprint density at radius 3 is 2.71 bits per heavy atom. The number of rotatable bonds is 4. The third-order valence-electron chi connectivity index (χ3n) is 2.07. The molecule has 2 rings (SSSR count). The minimum Gasteiger partial charge on any atom is -0.472 e. The van der Waals surface area contributed by atoms with Crippen molar-refractivity contribution in [2.45, 2.75) is 6.61 Å². The first-order valence-electron chi connectivity index (χ1n) is 4.94. The van der Waals surface area contributed by atoms with Crippen molar-refractivity contribution < 1.29 is 9.53 Å². The van der Waals surface area contributed by atoms with Crippen molar-refractivity contribution in [2.24, 2.45) is 0 Å². The van der Waals surface area contributed by atoms with Crippen LogP contribution in [0, 0.1) is 0 Å². The van der Waals surface area contributed by atoms with Gasteiger partial charge in [-0.2, -0.15) is 4.98 Å². The van der Waals surface area contributed by atoms with Gasteiger partial charge in [0.25, 0.3) is 0 Å². The summed E-state index contributed by atoms with van der Waals surface area (Å²) in [6, 6.07) is 9.66. The normalized spacial score (nSPS) is 9.94. The van der Waals surface area contributed by atoms with E-state index in [0.717, 1.165) is 5.56 Å². The van der Waals surface area contributed by atoms with E-state index in [4.69, 9.17) is 16.3 Å². The predicted octanol–water partition coefficient (Wildman–Crippen LogP) is 2.52. The summed E-state index contributed by atoms with van der Waals surface area (Å²) < 4.78 is 5.40. The van der Waals surface area contributed by atoms with Gasteiger partial charge in [-0.05, 0) is 5.56 Å². The van der Waals surface area contributed by atoms with Crippen LogP contribution in [0.5, 0.6) is 5.88 Å². The lowest BCUT2D eigenvalue weighted by atomic mass is 10.2. The molecule has 5 heteroatoms. The van der Waals surface area contributed by atoms with Gasteiger partial charge in [0.05, 0.1) is 6.20 Å². The topological polar surface area (TPSA) is 52.1 Å². The molecule has 0 radical (unpaired) electrons. The van der Waals surface area contributed by atoms with Crippen molar-refractivity contribution in [3.63, 3.8) is 0 Å². The molecule has 0 N–H and O–H groups in total. The zero-order chi connectivity index (χ0) is 12.1. The first kappa shape index (κ1) is 11.5. The van der Waals surface area contributed by atoms with Gasteiger partial charge in [-0.3, -0.25) is 4.79 Å². The summed E-state index contributed by atoms with van der Waals surface area (Å²) in [4.78, 5) is 18.2.